The molecule has 0 aliphatic carbocycles. The molecular weight excluding hydrogens is 302 g/mol. The molecule has 0 saturated carbocycles. The molecule has 0 atom stereocenters. The van der Waals surface area contributed by atoms with Gasteiger partial charge in [-0.15, -0.1) is 0 Å². The van der Waals surface area contributed by atoms with Gasteiger partial charge in [-0.3, -0.25) is 0 Å². The van der Waals surface area contributed by atoms with E-state index in [2.05, 4.69) is 12.2 Å². The van der Waals surface area contributed by atoms with Crippen LogP contribution in [0.2, 0.25) is 0 Å². The SMILES string of the molecule is CCCCCCCCCCCCCCCCO.OCCNCCO. The molecule has 0 heterocycles. The molecule has 0 radical (unpaired) electrons. The van der Waals surface area contributed by atoms with Crippen LogP contribution in [0.1, 0.15) is 96.8 Å². The van der Waals surface area contributed by atoms with Gasteiger partial charge in [0.2, 0.25) is 0 Å². The smallest absolute Gasteiger partial charge is 0.0555 e. The van der Waals surface area contributed by atoms with Crippen LogP contribution in [0.25, 0.3) is 0 Å². The molecule has 0 bridgehead atoms. The van der Waals surface area contributed by atoms with Crippen molar-refractivity contribution in [3.05, 3.63) is 0 Å². The number of rotatable bonds is 18. The van der Waals surface area contributed by atoms with Gasteiger partial charge in [0, 0.05) is 19.7 Å². The van der Waals surface area contributed by atoms with Crippen molar-refractivity contribution in [2.24, 2.45) is 0 Å². The lowest BCUT2D eigenvalue weighted by Crippen LogP contribution is -2.21. The van der Waals surface area contributed by atoms with Crippen molar-refractivity contribution in [1.29, 1.82) is 0 Å². The summed E-state index contributed by atoms with van der Waals surface area (Å²) in [5.74, 6) is 0. The van der Waals surface area contributed by atoms with E-state index >= 15 is 0 Å². The topological polar surface area (TPSA) is 72.7 Å². The third-order valence-electron chi connectivity index (χ3n) is 4.09. The first-order chi connectivity index (χ1) is 11.8. The molecule has 0 unspecified atom stereocenters. The van der Waals surface area contributed by atoms with Crippen molar-refractivity contribution in [2.45, 2.75) is 96.8 Å². The van der Waals surface area contributed by atoms with Crippen molar-refractivity contribution in [2.75, 3.05) is 32.9 Å². The fraction of sp³-hybridized carbons (Fsp3) is 1.00. The summed E-state index contributed by atoms with van der Waals surface area (Å²) < 4.78 is 0. The van der Waals surface area contributed by atoms with Crippen molar-refractivity contribution in [3.8, 4) is 0 Å². The summed E-state index contributed by atoms with van der Waals surface area (Å²) in [6, 6.07) is 0. The Morgan fingerprint density at radius 2 is 0.792 bits per heavy atom. The first-order valence-electron chi connectivity index (χ1n) is 10.4. The van der Waals surface area contributed by atoms with E-state index in [-0.39, 0.29) is 13.2 Å². The maximum absolute atomic E-state index is 8.64. The second kappa shape index (κ2) is 27.7. The second-order valence-corrected chi connectivity index (χ2v) is 6.52. The van der Waals surface area contributed by atoms with Crippen molar-refractivity contribution >= 4 is 0 Å². The summed E-state index contributed by atoms with van der Waals surface area (Å²) in [6.07, 6.45) is 19.2. The molecule has 0 fully saturated rings. The number of hydrogen-bond acceptors (Lipinski definition) is 4. The van der Waals surface area contributed by atoms with E-state index in [4.69, 9.17) is 15.3 Å². The lowest BCUT2D eigenvalue weighted by atomic mass is 10.0. The van der Waals surface area contributed by atoms with Crippen LogP contribution in [0, 0.1) is 0 Å². The predicted octanol–water partition coefficient (Wildman–Crippen LogP) is 4.02. The van der Waals surface area contributed by atoms with Crippen LogP contribution < -0.4 is 5.32 Å². The van der Waals surface area contributed by atoms with E-state index in [1.54, 1.807) is 0 Å². The lowest BCUT2D eigenvalue weighted by molar-refractivity contribution is 0.266. The summed E-state index contributed by atoms with van der Waals surface area (Å²) in [5.41, 5.74) is 0. The minimum atomic E-state index is 0.139. The van der Waals surface area contributed by atoms with Crippen LogP contribution in [-0.2, 0) is 0 Å². The van der Waals surface area contributed by atoms with Gasteiger partial charge in [0.1, 0.15) is 0 Å². The normalized spacial score (nSPS) is 10.5. The summed E-state index contributed by atoms with van der Waals surface area (Å²) >= 11 is 0. The Hall–Kier alpha value is -0.160. The zero-order valence-corrected chi connectivity index (χ0v) is 16.3. The zero-order valence-electron chi connectivity index (χ0n) is 16.3. The molecule has 4 heteroatoms. The third-order valence-corrected chi connectivity index (χ3v) is 4.09. The van der Waals surface area contributed by atoms with E-state index in [1.807, 2.05) is 0 Å². The quantitative estimate of drug-likeness (QED) is 0.283. The Balaban J connectivity index is 0. The molecule has 0 aromatic heterocycles. The van der Waals surface area contributed by atoms with E-state index in [0.29, 0.717) is 19.7 Å². The van der Waals surface area contributed by atoms with E-state index in [9.17, 15) is 0 Å². The van der Waals surface area contributed by atoms with Crippen LogP contribution >= 0.6 is 0 Å². The van der Waals surface area contributed by atoms with Crippen molar-refractivity contribution in [1.82, 2.24) is 5.32 Å². The van der Waals surface area contributed by atoms with Gasteiger partial charge in [0.15, 0.2) is 0 Å². The molecule has 0 amide bonds. The average Bonchev–Trinajstić information content (AvgIpc) is 2.60. The highest BCUT2D eigenvalue weighted by atomic mass is 16.3. The summed E-state index contributed by atoms with van der Waals surface area (Å²) in [6.45, 7) is 4.07. The molecule has 0 spiro atoms. The molecule has 0 saturated heterocycles. The van der Waals surface area contributed by atoms with Crippen LogP contribution in [0.3, 0.4) is 0 Å². The van der Waals surface area contributed by atoms with E-state index in [0.717, 1.165) is 6.42 Å². The third kappa shape index (κ3) is 29.8. The highest BCUT2D eigenvalue weighted by Gasteiger charge is 1.93. The van der Waals surface area contributed by atoms with Gasteiger partial charge in [-0.05, 0) is 6.42 Å². The molecule has 24 heavy (non-hydrogen) atoms. The van der Waals surface area contributed by atoms with Crippen LogP contribution in [0.5, 0.6) is 0 Å². The summed E-state index contributed by atoms with van der Waals surface area (Å²) in [7, 11) is 0. The zero-order chi connectivity index (χ0) is 18.1. The molecule has 0 aromatic rings. The highest BCUT2D eigenvalue weighted by Crippen LogP contribution is 2.12. The molecule has 4 N–H and O–H groups in total. The van der Waals surface area contributed by atoms with Crippen molar-refractivity contribution < 1.29 is 15.3 Å². The van der Waals surface area contributed by atoms with Crippen LogP contribution in [0.15, 0.2) is 0 Å². The monoisotopic (exact) mass is 347 g/mol. The number of aliphatic hydroxyl groups excluding tert-OH is 3. The predicted molar refractivity (Wildman–Crippen MR) is 104 cm³/mol. The minimum absolute atomic E-state index is 0.139. The fourth-order valence-electron chi connectivity index (χ4n) is 2.59. The first kappa shape index (κ1) is 26.1. The highest BCUT2D eigenvalue weighted by molar-refractivity contribution is 4.49. The second-order valence-electron chi connectivity index (χ2n) is 6.52. The van der Waals surface area contributed by atoms with Gasteiger partial charge in [0.25, 0.3) is 0 Å². The fourth-order valence-corrected chi connectivity index (χ4v) is 2.59. The summed E-state index contributed by atoms with van der Waals surface area (Å²) in [5, 5.41) is 27.7. The van der Waals surface area contributed by atoms with Gasteiger partial charge in [-0.1, -0.05) is 90.4 Å². The number of hydrogen-bond donors (Lipinski definition) is 4. The first-order valence-corrected chi connectivity index (χ1v) is 10.4. The van der Waals surface area contributed by atoms with Gasteiger partial charge < -0.3 is 20.6 Å². The summed E-state index contributed by atoms with van der Waals surface area (Å²) in [4.78, 5) is 0. The molecule has 4 nitrogen and oxygen atoms in total. The maximum Gasteiger partial charge on any atom is 0.0555 e. The van der Waals surface area contributed by atoms with Crippen LogP contribution in [-0.4, -0.2) is 48.2 Å². The van der Waals surface area contributed by atoms with Gasteiger partial charge >= 0.3 is 0 Å². The Bertz CT molecular complexity index is 174. The number of nitrogens with one attached hydrogen (secondary N) is 1. The standard InChI is InChI=1S/C16H34O.C4H11NO2/c1-2-3-4-5-6-7-8-9-10-11-12-13-14-15-16-17;6-3-1-5-2-4-7/h17H,2-16H2,1H3;5-7H,1-4H2. The van der Waals surface area contributed by atoms with E-state index < -0.39 is 0 Å². The minimum Gasteiger partial charge on any atom is -0.396 e. The Morgan fingerprint density at radius 3 is 1.08 bits per heavy atom. The largest absolute Gasteiger partial charge is 0.396 e. The molecule has 0 aromatic carbocycles. The number of aliphatic hydroxyl groups is 3. The van der Waals surface area contributed by atoms with Gasteiger partial charge in [0.05, 0.1) is 13.2 Å². The molecule has 0 aliphatic rings. The lowest BCUT2D eigenvalue weighted by Gasteiger charge is -2.02. The molecule has 148 valence electrons. The number of unbranched alkanes of at least 4 members (excludes halogenated alkanes) is 13. The van der Waals surface area contributed by atoms with Gasteiger partial charge in [-0.2, -0.15) is 0 Å². The van der Waals surface area contributed by atoms with E-state index in [1.165, 1.54) is 83.5 Å². The average molecular weight is 348 g/mol. The Kier molecular flexibility index (Phi) is 30.1. The maximum atomic E-state index is 8.64. The van der Waals surface area contributed by atoms with Crippen LogP contribution in [0.4, 0.5) is 0 Å². The molecule has 0 rings (SSSR count). The van der Waals surface area contributed by atoms with Crippen molar-refractivity contribution in [3.63, 3.8) is 0 Å². The Morgan fingerprint density at radius 1 is 0.458 bits per heavy atom. The van der Waals surface area contributed by atoms with Gasteiger partial charge in [-0.25, -0.2) is 0 Å². The molecular formula is C20H45NO3. The Labute approximate surface area is 151 Å². The molecule has 0 aliphatic heterocycles.